The maximum atomic E-state index is 5.75. The van der Waals surface area contributed by atoms with Crippen molar-refractivity contribution >= 4 is 21.6 Å². The first-order valence-electron chi connectivity index (χ1n) is 5.49. The van der Waals surface area contributed by atoms with Crippen molar-refractivity contribution in [3.63, 3.8) is 0 Å². The molecule has 0 amide bonds. The van der Waals surface area contributed by atoms with Gasteiger partial charge >= 0.3 is 0 Å². The van der Waals surface area contributed by atoms with Crippen LogP contribution in [0, 0.1) is 5.41 Å². The van der Waals surface area contributed by atoms with Crippen LogP contribution in [0.2, 0.25) is 0 Å². The molecule has 90 valence electrons. The van der Waals surface area contributed by atoms with Crippen LogP contribution in [0.15, 0.2) is 22.7 Å². The Labute approximate surface area is 106 Å². The average Bonchev–Trinajstić information content (AvgIpc) is 2.09. The lowest BCUT2D eigenvalue weighted by atomic mass is 9.93. The topological polar surface area (TPSA) is 35.2 Å². The van der Waals surface area contributed by atoms with E-state index in [9.17, 15) is 0 Å². The molecule has 16 heavy (non-hydrogen) atoms. The van der Waals surface area contributed by atoms with E-state index in [0.717, 1.165) is 28.8 Å². The molecule has 0 heterocycles. The zero-order chi connectivity index (χ0) is 12.2. The Morgan fingerprint density at radius 2 is 1.94 bits per heavy atom. The molecule has 0 saturated heterocycles. The van der Waals surface area contributed by atoms with E-state index in [1.165, 1.54) is 0 Å². The number of nitrogens with two attached hydrogens (primary N) is 1. The van der Waals surface area contributed by atoms with Crippen LogP contribution in [0.1, 0.15) is 32.8 Å². The standard InChI is InChI=1S/C13H20BrNO/c1-13(2,3)4-5-16-9-10-6-11(14)8-12(15)7-10/h6-8H,4-5,9,15H2,1-3H3. The quantitative estimate of drug-likeness (QED) is 0.671. The van der Waals surface area contributed by atoms with Gasteiger partial charge in [0.25, 0.3) is 0 Å². The first-order chi connectivity index (χ1) is 7.37. The summed E-state index contributed by atoms with van der Waals surface area (Å²) in [4.78, 5) is 0. The van der Waals surface area contributed by atoms with Crippen molar-refractivity contribution < 1.29 is 4.74 Å². The SMILES string of the molecule is CC(C)(C)CCOCc1cc(N)cc(Br)c1. The molecule has 0 bridgehead atoms. The summed E-state index contributed by atoms with van der Waals surface area (Å²) >= 11 is 3.42. The van der Waals surface area contributed by atoms with Gasteiger partial charge in [-0.15, -0.1) is 0 Å². The molecule has 0 unspecified atom stereocenters. The lowest BCUT2D eigenvalue weighted by molar-refractivity contribution is 0.0962. The van der Waals surface area contributed by atoms with Crippen LogP contribution in [0.3, 0.4) is 0 Å². The molecule has 0 aliphatic rings. The first-order valence-corrected chi connectivity index (χ1v) is 6.29. The van der Waals surface area contributed by atoms with E-state index < -0.39 is 0 Å². The summed E-state index contributed by atoms with van der Waals surface area (Å²) in [6.45, 7) is 8.06. The second-order valence-corrected chi connectivity index (χ2v) is 6.17. The monoisotopic (exact) mass is 285 g/mol. The van der Waals surface area contributed by atoms with Gasteiger partial charge in [-0.2, -0.15) is 0 Å². The number of nitrogen functional groups attached to an aromatic ring is 1. The van der Waals surface area contributed by atoms with E-state index in [0.29, 0.717) is 12.0 Å². The fraction of sp³-hybridized carbons (Fsp3) is 0.538. The third-order valence-corrected chi connectivity index (χ3v) is 2.70. The molecule has 2 N–H and O–H groups in total. The van der Waals surface area contributed by atoms with E-state index in [4.69, 9.17) is 10.5 Å². The number of benzene rings is 1. The molecule has 3 heteroatoms. The van der Waals surface area contributed by atoms with Gasteiger partial charge in [-0.1, -0.05) is 36.7 Å². The predicted molar refractivity (Wildman–Crippen MR) is 72.3 cm³/mol. The van der Waals surface area contributed by atoms with Gasteiger partial charge in [-0.05, 0) is 35.6 Å². The van der Waals surface area contributed by atoms with E-state index >= 15 is 0 Å². The van der Waals surface area contributed by atoms with Gasteiger partial charge in [-0.25, -0.2) is 0 Å². The Balaban J connectivity index is 2.37. The molecule has 1 aromatic rings. The van der Waals surface area contributed by atoms with Crippen LogP contribution in [0.25, 0.3) is 0 Å². The van der Waals surface area contributed by atoms with E-state index in [2.05, 4.69) is 36.7 Å². The second-order valence-electron chi connectivity index (χ2n) is 5.26. The lowest BCUT2D eigenvalue weighted by Gasteiger charge is -2.17. The summed E-state index contributed by atoms with van der Waals surface area (Å²) in [5, 5.41) is 0. The number of hydrogen-bond acceptors (Lipinski definition) is 2. The zero-order valence-corrected chi connectivity index (χ0v) is 11.8. The molecule has 0 aliphatic carbocycles. The third-order valence-electron chi connectivity index (χ3n) is 2.25. The second kappa shape index (κ2) is 5.69. The Hall–Kier alpha value is -0.540. The summed E-state index contributed by atoms with van der Waals surface area (Å²) in [5.74, 6) is 0. The van der Waals surface area contributed by atoms with Gasteiger partial charge < -0.3 is 10.5 Å². The highest BCUT2D eigenvalue weighted by Crippen LogP contribution is 2.20. The molecule has 2 nitrogen and oxygen atoms in total. The third kappa shape index (κ3) is 5.52. The minimum Gasteiger partial charge on any atom is -0.399 e. The maximum absolute atomic E-state index is 5.75. The highest BCUT2D eigenvalue weighted by molar-refractivity contribution is 9.10. The molecule has 0 fully saturated rings. The Kier molecular flexibility index (Phi) is 4.81. The fourth-order valence-electron chi connectivity index (χ4n) is 1.33. The molecule has 1 aromatic carbocycles. The Morgan fingerprint density at radius 3 is 2.50 bits per heavy atom. The van der Waals surface area contributed by atoms with Crippen molar-refractivity contribution in [3.05, 3.63) is 28.2 Å². The Morgan fingerprint density at radius 1 is 1.25 bits per heavy atom. The largest absolute Gasteiger partial charge is 0.399 e. The van der Waals surface area contributed by atoms with Gasteiger partial charge in [0.1, 0.15) is 0 Å². The number of anilines is 1. The van der Waals surface area contributed by atoms with Crippen LogP contribution < -0.4 is 5.73 Å². The predicted octanol–water partition coefficient (Wildman–Crippen LogP) is 3.98. The van der Waals surface area contributed by atoms with Gasteiger partial charge in [-0.3, -0.25) is 0 Å². The zero-order valence-electron chi connectivity index (χ0n) is 10.2. The lowest BCUT2D eigenvalue weighted by Crippen LogP contribution is -2.09. The van der Waals surface area contributed by atoms with Crippen LogP contribution in [-0.2, 0) is 11.3 Å². The van der Waals surface area contributed by atoms with Crippen molar-refractivity contribution in [2.45, 2.75) is 33.8 Å². The van der Waals surface area contributed by atoms with E-state index in [1.807, 2.05) is 18.2 Å². The summed E-state index contributed by atoms with van der Waals surface area (Å²) in [6.07, 6.45) is 1.07. The summed E-state index contributed by atoms with van der Waals surface area (Å²) in [7, 11) is 0. The minimum absolute atomic E-state index is 0.330. The number of halogens is 1. The summed E-state index contributed by atoms with van der Waals surface area (Å²) in [6, 6.07) is 5.87. The minimum atomic E-state index is 0.330. The van der Waals surface area contributed by atoms with Crippen LogP contribution in [-0.4, -0.2) is 6.61 Å². The molecule has 1 rings (SSSR count). The van der Waals surface area contributed by atoms with E-state index in [-0.39, 0.29) is 0 Å². The van der Waals surface area contributed by atoms with Gasteiger partial charge in [0.15, 0.2) is 0 Å². The highest BCUT2D eigenvalue weighted by Gasteiger charge is 2.09. The normalized spacial score (nSPS) is 11.8. The molecule has 0 saturated carbocycles. The average molecular weight is 286 g/mol. The van der Waals surface area contributed by atoms with Gasteiger partial charge in [0.2, 0.25) is 0 Å². The Bertz CT molecular complexity index is 324. The molecular weight excluding hydrogens is 266 g/mol. The number of rotatable bonds is 4. The van der Waals surface area contributed by atoms with Crippen LogP contribution in [0.5, 0.6) is 0 Å². The van der Waals surface area contributed by atoms with Crippen LogP contribution in [0.4, 0.5) is 5.69 Å². The first kappa shape index (κ1) is 13.5. The number of hydrogen-bond donors (Lipinski definition) is 1. The van der Waals surface area contributed by atoms with Crippen molar-refractivity contribution in [2.24, 2.45) is 5.41 Å². The van der Waals surface area contributed by atoms with Gasteiger partial charge in [0, 0.05) is 16.8 Å². The van der Waals surface area contributed by atoms with Crippen molar-refractivity contribution in [3.8, 4) is 0 Å². The number of ether oxygens (including phenoxy) is 1. The van der Waals surface area contributed by atoms with Crippen molar-refractivity contribution in [1.29, 1.82) is 0 Å². The molecule has 0 aliphatic heterocycles. The molecule has 0 spiro atoms. The fourth-order valence-corrected chi connectivity index (χ4v) is 1.89. The van der Waals surface area contributed by atoms with Crippen molar-refractivity contribution in [1.82, 2.24) is 0 Å². The highest BCUT2D eigenvalue weighted by atomic mass is 79.9. The maximum Gasteiger partial charge on any atom is 0.0718 e. The van der Waals surface area contributed by atoms with E-state index in [1.54, 1.807) is 0 Å². The molecule has 0 atom stereocenters. The molecule has 0 aromatic heterocycles. The smallest absolute Gasteiger partial charge is 0.0718 e. The summed E-state index contributed by atoms with van der Waals surface area (Å²) in [5.41, 5.74) is 7.96. The molecular formula is C13H20BrNO. The molecule has 0 radical (unpaired) electrons. The summed E-state index contributed by atoms with van der Waals surface area (Å²) < 4.78 is 6.63. The van der Waals surface area contributed by atoms with Crippen LogP contribution >= 0.6 is 15.9 Å². The van der Waals surface area contributed by atoms with Crippen molar-refractivity contribution in [2.75, 3.05) is 12.3 Å². The van der Waals surface area contributed by atoms with Gasteiger partial charge in [0.05, 0.1) is 6.61 Å².